The van der Waals surface area contributed by atoms with Gasteiger partial charge in [-0.2, -0.15) is 0 Å². The summed E-state index contributed by atoms with van der Waals surface area (Å²) >= 11 is 0. The number of nitro benzene ring substituents is 1. The van der Waals surface area contributed by atoms with Crippen molar-refractivity contribution in [2.45, 2.75) is 32.0 Å². The van der Waals surface area contributed by atoms with Gasteiger partial charge in [-0.15, -0.1) is 0 Å². The van der Waals surface area contributed by atoms with Gasteiger partial charge in [-0.25, -0.2) is 4.79 Å². The predicted molar refractivity (Wildman–Crippen MR) is 92.4 cm³/mol. The minimum atomic E-state index is -1.13. The maximum Gasteiger partial charge on any atom is 0.334 e. The van der Waals surface area contributed by atoms with E-state index in [1.807, 2.05) is 4.90 Å². The lowest BCUT2D eigenvalue weighted by Gasteiger charge is -2.35. The van der Waals surface area contributed by atoms with Crippen LogP contribution < -0.4 is 4.90 Å². The molecule has 1 aromatic carbocycles. The van der Waals surface area contributed by atoms with Crippen LogP contribution in [0.25, 0.3) is 0 Å². The highest BCUT2D eigenvalue weighted by molar-refractivity contribution is 5.96. The molecule has 2 heterocycles. The number of nitro groups is 1. The molecule has 2 fully saturated rings. The number of hydrogen-bond donors (Lipinski definition) is 1. The lowest BCUT2D eigenvalue weighted by molar-refractivity contribution is -0.384. The zero-order valence-corrected chi connectivity index (χ0v) is 14.5. The van der Waals surface area contributed by atoms with Gasteiger partial charge >= 0.3 is 5.97 Å². The normalized spacial score (nSPS) is 23.1. The van der Waals surface area contributed by atoms with Crippen molar-refractivity contribution in [3.05, 3.63) is 33.9 Å². The van der Waals surface area contributed by atoms with Crippen molar-refractivity contribution >= 4 is 23.3 Å². The summed E-state index contributed by atoms with van der Waals surface area (Å²) in [7, 11) is 0. The summed E-state index contributed by atoms with van der Waals surface area (Å²) in [4.78, 5) is 38.3. The van der Waals surface area contributed by atoms with Crippen LogP contribution in [0.5, 0.6) is 0 Å². The van der Waals surface area contributed by atoms with E-state index in [0.717, 1.165) is 25.9 Å². The number of aliphatic carboxylic acids is 1. The number of carboxylic acids is 1. The van der Waals surface area contributed by atoms with Gasteiger partial charge in [-0.05, 0) is 31.9 Å². The summed E-state index contributed by atoms with van der Waals surface area (Å²) in [5, 5.41) is 20.6. The van der Waals surface area contributed by atoms with Crippen LogP contribution in [-0.4, -0.2) is 65.2 Å². The van der Waals surface area contributed by atoms with Crippen LogP contribution in [0.2, 0.25) is 0 Å². The first kappa shape index (κ1) is 18.1. The Kier molecular flexibility index (Phi) is 5.08. The van der Waals surface area contributed by atoms with E-state index >= 15 is 0 Å². The topological polar surface area (TPSA) is 113 Å². The third kappa shape index (κ3) is 3.62. The van der Waals surface area contributed by atoms with Gasteiger partial charge in [0.25, 0.3) is 11.6 Å². The molecule has 0 bridgehead atoms. The second-order valence-corrected chi connectivity index (χ2v) is 6.64. The van der Waals surface area contributed by atoms with E-state index < -0.39 is 29.0 Å². The fourth-order valence-electron chi connectivity index (χ4n) is 3.46. The van der Waals surface area contributed by atoms with Crippen LogP contribution in [0.15, 0.2) is 18.2 Å². The third-order valence-corrected chi connectivity index (χ3v) is 4.69. The average Bonchev–Trinajstić information content (AvgIpc) is 3.14. The van der Waals surface area contributed by atoms with Gasteiger partial charge in [0.2, 0.25) is 0 Å². The molecule has 0 saturated carbocycles. The number of hydrogen-bond acceptors (Lipinski definition) is 6. The number of amides is 1. The molecule has 3 rings (SSSR count). The van der Waals surface area contributed by atoms with E-state index in [0.29, 0.717) is 5.69 Å². The van der Waals surface area contributed by atoms with Crippen molar-refractivity contribution < 1.29 is 24.4 Å². The maximum absolute atomic E-state index is 12.8. The van der Waals surface area contributed by atoms with Crippen LogP contribution in [0.3, 0.4) is 0 Å². The van der Waals surface area contributed by atoms with Gasteiger partial charge in [0.1, 0.15) is 5.69 Å². The minimum absolute atomic E-state index is 0.0832. The number of carbonyl (C=O) groups excluding carboxylic acids is 1. The summed E-state index contributed by atoms with van der Waals surface area (Å²) in [5.74, 6) is -1.56. The average molecular weight is 363 g/mol. The van der Waals surface area contributed by atoms with Gasteiger partial charge in [-0.1, -0.05) is 0 Å². The van der Waals surface area contributed by atoms with Gasteiger partial charge in [0.05, 0.1) is 17.6 Å². The number of carbonyl (C=O) groups is 2. The molecule has 140 valence electrons. The quantitative estimate of drug-likeness (QED) is 0.637. The Morgan fingerprint density at radius 2 is 1.96 bits per heavy atom. The molecule has 0 aliphatic carbocycles. The molecule has 1 unspecified atom stereocenters. The van der Waals surface area contributed by atoms with Crippen molar-refractivity contribution in [2.75, 3.05) is 31.1 Å². The summed E-state index contributed by atoms with van der Waals surface area (Å²) in [6.45, 7) is 3.36. The van der Waals surface area contributed by atoms with Crippen LogP contribution >= 0.6 is 0 Å². The number of ether oxygens (including phenoxy) is 1. The molecule has 9 heteroatoms. The van der Waals surface area contributed by atoms with Crippen LogP contribution in [0.4, 0.5) is 11.4 Å². The first-order valence-electron chi connectivity index (χ1n) is 8.57. The molecule has 0 radical (unpaired) electrons. The molecular weight excluding hydrogens is 342 g/mol. The Morgan fingerprint density at radius 1 is 1.27 bits per heavy atom. The van der Waals surface area contributed by atoms with E-state index in [2.05, 4.69) is 0 Å². The zero-order chi connectivity index (χ0) is 18.8. The molecule has 2 aliphatic heterocycles. The molecule has 26 heavy (non-hydrogen) atoms. The Balaban J connectivity index is 1.86. The van der Waals surface area contributed by atoms with Gasteiger partial charge in [0.15, 0.2) is 6.10 Å². The Morgan fingerprint density at radius 3 is 2.58 bits per heavy atom. The summed E-state index contributed by atoms with van der Waals surface area (Å²) in [6.07, 6.45) is 0.453. The van der Waals surface area contributed by atoms with Crippen molar-refractivity contribution in [3.63, 3.8) is 0 Å². The van der Waals surface area contributed by atoms with E-state index in [4.69, 9.17) is 9.84 Å². The summed E-state index contributed by atoms with van der Waals surface area (Å²) in [6, 6.07) is 4.46. The number of nitrogens with zero attached hydrogens (tertiary/aromatic N) is 3. The molecule has 2 aliphatic rings. The lowest BCUT2D eigenvalue weighted by atomic mass is 10.1. The molecule has 1 aromatic rings. The van der Waals surface area contributed by atoms with E-state index in [1.54, 1.807) is 19.1 Å². The molecule has 1 N–H and O–H groups in total. The van der Waals surface area contributed by atoms with Gasteiger partial charge < -0.3 is 19.6 Å². The van der Waals surface area contributed by atoms with Gasteiger partial charge in [0, 0.05) is 31.3 Å². The van der Waals surface area contributed by atoms with Crippen LogP contribution in [-0.2, 0) is 9.53 Å². The number of rotatable bonds is 4. The van der Waals surface area contributed by atoms with Crippen molar-refractivity contribution in [1.82, 2.24) is 4.90 Å². The Labute approximate surface area is 150 Å². The summed E-state index contributed by atoms with van der Waals surface area (Å²) in [5.41, 5.74) is 0.592. The van der Waals surface area contributed by atoms with Gasteiger partial charge in [-0.3, -0.25) is 14.9 Å². The first-order valence-corrected chi connectivity index (χ1v) is 8.57. The molecule has 0 aromatic heterocycles. The van der Waals surface area contributed by atoms with Crippen molar-refractivity contribution in [3.8, 4) is 0 Å². The number of morpholine rings is 1. The smallest absolute Gasteiger partial charge is 0.334 e. The SMILES string of the molecule is C[C@@H]1CN(C(=O)c2ccc(N3CCCC3)c([N+](=O)[O-])c2)CC(C(=O)O)O1. The molecule has 2 atom stereocenters. The number of benzene rings is 1. The van der Waals surface area contributed by atoms with E-state index in [-0.39, 0.29) is 24.3 Å². The highest BCUT2D eigenvalue weighted by Gasteiger charge is 2.34. The molecule has 0 spiro atoms. The monoisotopic (exact) mass is 363 g/mol. The number of anilines is 1. The molecule has 2 saturated heterocycles. The fourth-order valence-corrected chi connectivity index (χ4v) is 3.46. The second-order valence-electron chi connectivity index (χ2n) is 6.64. The minimum Gasteiger partial charge on any atom is -0.479 e. The largest absolute Gasteiger partial charge is 0.479 e. The Bertz CT molecular complexity index is 731. The second kappa shape index (κ2) is 7.28. The molecule has 1 amide bonds. The highest BCUT2D eigenvalue weighted by atomic mass is 16.6. The van der Waals surface area contributed by atoms with Crippen LogP contribution in [0, 0.1) is 10.1 Å². The first-order chi connectivity index (χ1) is 12.4. The Hall–Kier alpha value is -2.68. The highest BCUT2D eigenvalue weighted by Crippen LogP contribution is 2.32. The predicted octanol–water partition coefficient (Wildman–Crippen LogP) is 1.51. The summed E-state index contributed by atoms with van der Waals surface area (Å²) < 4.78 is 5.30. The molecule has 9 nitrogen and oxygen atoms in total. The van der Waals surface area contributed by atoms with Crippen LogP contribution in [0.1, 0.15) is 30.1 Å². The zero-order valence-electron chi connectivity index (χ0n) is 14.5. The van der Waals surface area contributed by atoms with E-state index in [1.165, 1.54) is 11.0 Å². The third-order valence-electron chi connectivity index (χ3n) is 4.69. The lowest BCUT2D eigenvalue weighted by Crippen LogP contribution is -2.51. The van der Waals surface area contributed by atoms with Crippen molar-refractivity contribution in [1.29, 1.82) is 0 Å². The van der Waals surface area contributed by atoms with Crippen molar-refractivity contribution in [2.24, 2.45) is 0 Å². The molecular formula is C17H21N3O6. The van der Waals surface area contributed by atoms with E-state index in [9.17, 15) is 19.7 Å². The standard InChI is InChI=1S/C17H21N3O6/c1-11-9-19(10-15(26-11)17(22)23)16(21)12-4-5-13(14(8-12)20(24)25)18-6-2-3-7-18/h4-5,8,11,15H,2-3,6-7,9-10H2,1H3,(H,22,23)/t11-,15?/m1/s1. The maximum atomic E-state index is 12.8. The fraction of sp³-hybridized carbons (Fsp3) is 0.529. The number of carboxylic acid groups (broad SMARTS) is 1.